The quantitative estimate of drug-likeness (QED) is 0.432. The summed E-state index contributed by atoms with van der Waals surface area (Å²) in [5, 5.41) is 5.54. The smallest absolute Gasteiger partial charge is 0.330 e. The van der Waals surface area contributed by atoms with Gasteiger partial charge >= 0.3 is 11.7 Å². The molecule has 1 aromatic heterocycles. The highest BCUT2D eigenvalue weighted by atomic mass is 16.5. The second kappa shape index (κ2) is 7.55. The van der Waals surface area contributed by atoms with Gasteiger partial charge in [-0.1, -0.05) is 10.4 Å². The molecule has 1 aromatic rings. The molecule has 24 heavy (non-hydrogen) atoms. The zero-order chi connectivity index (χ0) is 17.7. The van der Waals surface area contributed by atoms with Crippen molar-refractivity contribution in [2.75, 3.05) is 13.7 Å². The van der Waals surface area contributed by atoms with Crippen molar-refractivity contribution in [2.24, 2.45) is 10.4 Å². The van der Waals surface area contributed by atoms with Crippen molar-refractivity contribution in [3.8, 4) is 0 Å². The lowest BCUT2D eigenvalue weighted by atomic mass is 10.1. The van der Waals surface area contributed by atoms with E-state index < -0.39 is 35.6 Å². The number of H-pyrrole nitrogens is 1. The van der Waals surface area contributed by atoms with Gasteiger partial charge in [-0.15, -0.1) is 0 Å². The van der Waals surface area contributed by atoms with E-state index in [1.165, 1.54) is 19.4 Å². The highest BCUT2D eigenvalue weighted by Gasteiger charge is 2.38. The van der Waals surface area contributed by atoms with Gasteiger partial charge in [-0.05, 0) is 6.08 Å². The van der Waals surface area contributed by atoms with Gasteiger partial charge in [-0.25, -0.2) is 9.59 Å². The first kappa shape index (κ1) is 17.4. The summed E-state index contributed by atoms with van der Waals surface area (Å²) in [6.07, 6.45) is 1.70. The normalized spacial score (nSPS) is 23.3. The van der Waals surface area contributed by atoms with Gasteiger partial charge < -0.3 is 9.47 Å². The molecule has 2 unspecified atom stereocenters. The first-order chi connectivity index (χ1) is 11.5. The van der Waals surface area contributed by atoms with Crippen LogP contribution < -0.4 is 11.2 Å². The molecule has 128 valence electrons. The van der Waals surface area contributed by atoms with E-state index >= 15 is 0 Å². The minimum absolute atomic E-state index is 0.0103. The fourth-order valence-corrected chi connectivity index (χ4v) is 2.29. The first-order valence-corrected chi connectivity index (χ1v) is 6.88. The fraction of sp³-hybridized carbons (Fsp3) is 0.462. The van der Waals surface area contributed by atoms with Gasteiger partial charge in [0, 0.05) is 18.7 Å². The number of aromatic amines is 1. The molecule has 2 heterocycles. The molecule has 1 aliphatic rings. The van der Waals surface area contributed by atoms with E-state index in [4.69, 9.17) is 4.74 Å². The van der Waals surface area contributed by atoms with Crippen molar-refractivity contribution < 1.29 is 14.3 Å². The number of nitroso groups, excluding NO2 is 2. The van der Waals surface area contributed by atoms with Gasteiger partial charge in [0.25, 0.3) is 5.56 Å². The number of nitrogens with one attached hydrogen (secondary N) is 1. The Bertz CT molecular complexity index is 781. The molecule has 1 N–H and O–H groups in total. The third kappa shape index (κ3) is 3.68. The third-order valence-electron chi connectivity index (χ3n) is 3.50. The van der Waals surface area contributed by atoms with Gasteiger partial charge in [0.1, 0.15) is 24.9 Å². The summed E-state index contributed by atoms with van der Waals surface area (Å²) in [6.45, 7) is -0.278. The fourth-order valence-electron chi connectivity index (χ4n) is 2.29. The van der Waals surface area contributed by atoms with Crippen molar-refractivity contribution in [3.63, 3.8) is 0 Å². The topological polar surface area (TPSA) is 149 Å². The van der Waals surface area contributed by atoms with Crippen molar-refractivity contribution in [1.29, 1.82) is 0 Å². The third-order valence-corrected chi connectivity index (χ3v) is 3.50. The Kier molecular flexibility index (Phi) is 5.47. The predicted molar refractivity (Wildman–Crippen MR) is 81.1 cm³/mol. The molecule has 2 rings (SSSR count). The zero-order valence-electron chi connectivity index (χ0n) is 12.6. The molecule has 0 amide bonds. The maximum atomic E-state index is 12.0. The van der Waals surface area contributed by atoms with E-state index in [1.54, 1.807) is 0 Å². The molecular formula is C13H14N4O7. The number of carbonyl (C=O) groups is 1. The Morgan fingerprint density at radius 2 is 2.25 bits per heavy atom. The zero-order valence-corrected chi connectivity index (χ0v) is 12.6. The van der Waals surface area contributed by atoms with E-state index in [-0.39, 0.29) is 18.5 Å². The molecule has 1 saturated heterocycles. The van der Waals surface area contributed by atoms with E-state index in [0.717, 1.165) is 10.6 Å². The Hall–Kier alpha value is -2.95. The molecule has 0 spiro atoms. The number of ether oxygens (including phenoxy) is 2. The maximum absolute atomic E-state index is 12.0. The van der Waals surface area contributed by atoms with Gasteiger partial charge in [0.2, 0.25) is 0 Å². The largest absolute Gasteiger partial charge is 0.466 e. The van der Waals surface area contributed by atoms with Crippen LogP contribution in [0, 0.1) is 9.81 Å². The van der Waals surface area contributed by atoms with Crippen LogP contribution in [0.2, 0.25) is 0 Å². The molecule has 1 aliphatic heterocycles. The summed E-state index contributed by atoms with van der Waals surface area (Å²) in [5.74, 6) is -0.674. The lowest BCUT2D eigenvalue weighted by Crippen LogP contribution is -2.33. The number of rotatable bonds is 6. The van der Waals surface area contributed by atoms with Crippen molar-refractivity contribution >= 4 is 12.0 Å². The molecule has 11 heteroatoms. The predicted octanol–water partition coefficient (Wildman–Crippen LogP) is -0.0883. The Balaban J connectivity index is 2.34. The Labute approximate surface area is 134 Å². The van der Waals surface area contributed by atoms with Gasteiger partial charge in [-0.2, -0.15) is 9.81 Å². The lowest BCUT2D eigenvalue weighted by molar-refractivity contribution is -0.134. The summed E-state index contributed by atoms with van der Waals surface area (Å²) in [7, 11) is 1.18. The number of carbonyl (C=O) groups excluding carboxylic acids is 1. The molecule has 3 atom stereocenters. The molecule has 1 fully saturated rings. The van der Waals surface area contributed by atoms with Crippen molar-refractivity contribution in [2.45, 2.75) is 24.8 Å². The molecule has 0 aliphatic carbocycles. The van der Waals surface area contributed by atoms with Crippen LogP contribution in [0.1, 0.15) is 18.2 Å². The Morgan fingerprint density at radius 3 is 2.88 bits per heavy atom. The Morgan fingerprint density at radius 1 is 1.50 bits per heavy atom. The number of nitrogens with zero attached hydrogens (tertiary/aromatic N) is 3. The van der Waals surface area contributed by atoms with Crippen molar-refractivity contribution in [3.05, 3.63) is 48.5 Å². The standard InChI is InChI=1S/C13H14N4O7/c1-23-11(18)3-2-7-6-17(13(20)15-12(7)19)10-4-8(16-22)9(24-10)5-14-21/h2-3,6,8-10H,4-5H2,1H3,(H,15,19,20)/b3-2+/t8?,9-,10?/m1/s1. The maximum Gasteiger partial charge on any atom is 0.330 e. The summed E-state index contributed by atoms with van der Waals surface area (Å²) in [6, 6.07) is -0.833. The summed E-state index contributed by atoms with van der Waals surface area (Å²) >= 11 is 0. The first-order valence-electron chi connectivity index (χ1n) is 6.88. The monoisotopic (exact) mass is 338 g/mol. The molecule has 0 aromatic carbocycles. The van der Waals surface area contributed by atoms with Crippen LogP contribution >= 0.6 is 0 Å². The number of hydrogen-bond acceptors (Lipinski definition) is 9. The second-order valence-corrected chi connectivity index (χ2v) is 4.96. The van der Waals surface area contributed by atoms with Crippen LogP contribution in [0.4, 0.5) is 0 Å². The minimum Gasteiger partial charge on any atom is -0.466 e. The summed E-state index contributed by atoms with van der Waals surface area (Å²) in [4.78, 5) is 58.1. The number of hydrogen-bond donors (Lipinski definition) is 1. The van der Waals surface area contributed by atoms with E-state index in [1.807, 2.05) is 0 Å². The second-order valence-electron chi connectivity index (χ2n) is 4.96. The summed E-state index contributed by atoms with van der Waals surface area (Å²) < 4.78 is 10.9. The van der Waals surface area contributed by atoms with Gasteiger partial charge in [0.05, 0.1) is 12.7 Å². The van der Waals surface area contributed by atoms with Crippen LogP contribution in [0.15, 0.2) is 32.2 Å². The molecule has 11 nitrogen and oxygen atoms in total. The van der Waals surface area contributed by atoms with Crippen molar-refractivity contribution in [1.82, 2.24) is 9.55 Å². The lowest BCUT2D eigenvalue weighted by Gasteiger charge is -2.14. The highest BCUT2D eigenvalue weighted by Crippen LogP contribution is 2.30. The van der Waals surface area contributed by atoms with Gasteiger partial charge in [0.15, 0.2) is 0 Å². The molecule has 0 bridgehead atoms. The van der Waals surface area contributed by atoms with Gasteiger partial charge in [-0.3, -0.25) is 14.3 Å². The summed E-state index contributed by atoms with van der Waals surface area (Å²) in [5.41, 5.74) is -1.45. The van der Waals surface area contributed by atoms with Crippen LogP contribution in [-0.4, -0.2) is 41.3 Å². The van der Waals surface area contributed by atoms with E-state index in [0.29, 0.717) is 0 Å². The SMILES string of the molecule is COC(=O)/C=C/c1cn(C2CC(N=O)[C@@H](CN=O)O2)c(=O)[nH]c1=O. The highest BCUT2D eigenvalue weighted by molar-refractivity contribution is 5.86. The average Bonchev–Trinajstić information content (AvgIpc) is 2.96. The van der Waals surface area contributed by atoms with Crippen LogP contribution in [0.25, 0.3) is 6.08 Å². The number of methoxy groups -OCH3 is 1. The molecule has 0 radical (unpaired) electrons. The van der Waals surface area contributed by atoms with E-state index in [9.17, 15) is 24.2 Å². The van der Waals surface area contributed by atoms with E-state index in [2.05, 4.69) is 20.1 Å². The van der Waals surface area contributed by atoms with Crippen LogP contribution in [0.3, 0.4) is 0 Å². The number of aromatic nitrogens is 2. The average molecular weight is 338 g/mol. The molecule has 0 saturated carbocycles. The van der Waals surface area contributed by atoms with Crippen LogP contribution in [0.5, 0.6) is 0 Å². The van der Waals surface area contributed by atoms with Crippen LogP contribution in [-0.2, 0) is 14.3 Å². The minimum atomic E-state index is -0.894. The number of esters is 1. The molecular weight excluding hydrogens is 324 g/mol.